The number of aromatic nitrogens is 1. The fourth-order valence-electron chi connectivity index (χ4n) is 2.70. The lowest BCUT2D eigenvalue weighted by Gasteiger charge is -2.04. The molecule has 2 aromatic rings. The minimum Gasteiger partial charge on any atom is -0.508 e. The largest absolute Gasteiger partial charge is 0.508 e. The summed E-state index contributed by atoms with van der Waals surface area (Å²) < 4.78 is 2.04. The van der Waals surface area contributed by atoms with Crippen molar-refractivity contribution >= 4 is 5.78 Å². The highest BCUT2D eigenvalue weighted by Gasteiger charge is 2.17. The highest BCUT2D eigenvalue weighted by Crippen LogP contribution is 2.22. The minimum atomic E-state index is 0.266. The number of aromatic hydroxyl groups is 1. The molecule has 1 heterocycles. The van der Waals surface area contributed by atoms with Gasteiger partial charge in [-0.2, -0.15) is 0 Å². The number of fused-ring (bicyclic) bond motifs is 1. The summed E-state index contributed by atoms with van der Waals surface area (Å²) in [7, 11) is 0. The van der Waals surface area contributed by atoms with Crippen LogP contribution in [0.15, 0.2) is 36.7 Å². The van der Waals surface area contributed by atoms with Gasteiger partial charge >= 0.3 is 0 Å². The number of carbonyl (C=O) groups is 1. The van der Waals surface area contributed by atoms with Crippen LogP contribution in [0.5, 0.6) is 5.75 Å². The van der Waals surface area contributed by atoms with Crippen LogP contribution < -0.4 is 0 Å². The molecule has 0 saturated heterocycles. The van der Waals surface area contributed by atoms with Gasteiger partial charge in [-0.3, -0.25) is 4.79 Å². The second-order valence-electron chi connectivity index (χ2n) is 5.17. The SMILES string of the molecule is O=C1CCCCc2cn(Cc3cccc(O)c3)cc21. The molecule has 98 valence electrons. The third-order valence-electron chi connectivity index (χ3n) is 3.64. The van der Waals surface area contributed by atoms with E-state index in [2.05, 4.69) is 6.20 Å². The maximum Gasteiger partial charge on any atom is 0.164 e. The van der Waals surface area contributed by atoms with Crippen LogP contribution in [-0.2, 0) is 13.0 Å². The lowest BCUT2D eigenvalue weighted by molar-refractivity contribution is 0.0982. The molecule has 0 spiro atoms. The highest BCUT2D eigenvalue weighted by atomic mass is 16.3. The number of hydrogen-bond acceptors (Lipinski definition) is 2. The van der Waals surface area contributed by atoms with Crippen LogP contribution in [0.1, 0.15) is 40.7 Å². The van der Waals surface area contributed by atoms with Crippen molar-refractivity contribution in [2.75, 3.05) is 0 Å². The number of nitrogens with zero attached hydrogens (tertiary/aromatic N) is 1. The monoisotopic (exact) mass is 255 g/mol. The van der Waals surface area contributed by atoms with Gasteiger partial charge in [-0.05, 0) is 42.5 Å². The third kappa shape index (κ3) is 2.55. The zero-order valence-electron chi connectivity index (χ0n) is 10.8. The van der Waals surface area contributed by atoms with Crippen LogP contribution in [0, 0.1) is 0 Å². The van der Waals surface area contributed by atoms with Crippen molar-refractivity contribution in [1.82, 2.24) is 4.57 Å². The van der Waals surface area contributed by atoms with Gasteiger partial charge in [-0.15, -0.1) is 0 Å². The van der Waals surface area contributed by atoms with Gasteiger partial charge in [-0.25, -0.2) is 0 Å². The molecule has 19 heavy (non-hydrogen) atoms. The molecule has 3 heteroatoms. The highest BCUT2D eigenvalue weighted by molar-refractivity contribution is 5.97. The molecule has 3 rings (SSSR count). The number of Topliss-reactive ketones (excluding diaryl/α,β-unsaturated/α-hetero) is 1. The molecule has 0 radical (unpaired) electrons. The van der Waals surface area contributed by atoms with Gasteiger partial charge in [-0.1, -0.05) is 12.1 Å². The Labute approximate surface area is 112 Å². The molecule has 3 nitrogen and oxygen atoms in total. The summed E-state index contributed by atoms with van der Waals surface area (Å²) in [5.74, 6) is 0.546. The van der Waals surface area contributed by atoms with E-state index in [9.17, 15) is 9.90 Å². The average Bonchev–Trinajstić information content (AvgIpc) is 2.70. The third-order valence-corrected chi connectivity index (χ3v) is 3.64. The van der Waals surface area contributed by atoms with Gasteiger partial charge in [0.25, 0.3) is 0 Å². The van der Waals surface area contributed by atoms with E-state index in [-0.39, 0.29) is 11.5 Å². The first-order valence-electron chi connectivity index (χ1n) is 6.72. The zero-order valence-corrected chi connectivity index (χ0v) is 10.8. The molecule has 0 atom stereocenters. The second-order valence-corrected chi connectivity index (χ2v) is 5.17. The van der Waals surface area contributed by atoms with Gasteiger partial charge < -0.3 is 9.67 Å². The topological polar surface area (TPSA) is 42.2 Å². The summed E-state index contributed by atoms with van der Waals surface area (Å²) in [5, 5.41) is 9.47. The normalized spacial score (nSPS) is 15.1. The first-order chi connectivity index (χ1) is 9.22. The Bertz CT molecular complexity index is 613. The van der Waals surface area contributed by atoms with Crippen molar-refractivity contribution in [3.8, 4) is 5.75 Å². The van der Waals surface area contributed by atoms with Crippen LogP contribution >= 0.6 is 0 Å². The molecule has 0 saturated carbocycles. The van der Waals surface area contributed by atoms with E-state index in [1.165, 1.54) is 5.56 Å². The molecule has 0 aliphatic heterocycles. The molecule has 0 bridgehead atoms. The average molecular weight is 255 g/mol. The molecule has 0 unspecified atom stereocenters. The zero-order chi connectivity index (χ0) is 13.2. The maximum atomic E-state index is 12.0. The standard InChI is InChI=1S/C16H17NO2/c18-14-6-3-4-12(8-14)9-17-10-13-5-1-2-7-16(19)15(13)11-17/h3-4,6,8,10-11,18H,1-2,5,7,9H2. The van der Waals surface area contributed by atoms with E-state index in [4.69, 9.17) is 0 Å². The summed E-state index contributed by atoms with van der Waals surface area (Å²) in [6, 6.07) is 7.24. The number of phenolic OH excluding ortho intramolecular Hbond substituents is 1. The Hall–Kier alpha value is -2.03. The van der Waals surface area contributed by atoms with E-state index in [1.807, 2.05) is 22.9 Å². The van der Waals surface area contributed by atoms with Crippen LogP contribution in [-0.4, -0.2) is 15.5 Å². The Balaban J connectivity index is 1.87. The molecule has 0 amide bonds. The van der Waals surface area contributed by atoms with Crippen molar-refractivity contribution in [1.29, 1.82) is 0 Å². The molecule has 1 aliphatic rings. The number of hydrogen-bond donors (Lipinski definition) is 1. The lowest BCUT2D eigenvalue weighted by Crippen LogP contribution is -1.98. The summed E-state index contributed by atoms with van der Waals surface area (Å²) in [6.45, 7) is 0.689. The van der Waals surface area contributed by atoms with Crippen molar-refractivity contribution in [2.24, 2.45) is 0 Å². The van der Waals surface area contributed by atoms with Crippen molar-refractivity contribution in [3.63, 3.8) is 0 Å². The number of phenols is 1. The Kier molecular flexibility index (Phi) is 3.11. The molecule has 1 N–H and O–H groups in total. The van der Waals surface area contributed by atoms with Crippen molar-refractivity contribution in [2.45, 2.75) is 32.2 Å². The van der Waals surface area contributed by atoms with Crippen molar-refractivity contribution in [3.05, 3.63) is 53.3 Å². The Morgan fingerprint density at radius 3 is 2.84 bits per heavy atom. The van der Waals surface area contributed by atoms with E-state index in [0.29, 0.717) is 13.0 Å². The van der Waals surface area contributed by atoms with Gasteiger partial charge in [0.1, 0.15) is 5.75 Å². The van der Waals surface area contributed by atoms with Gasteiger partial charge in [0.2, 0.25) is 0 Å². The second kappa shape index (κ2) is 4.92. The van der Waals surface area contributed by atoms with Gasteiger partial charge in [0, 0.05) is 30.9 Å². The summed E-state index contributed by atoms with van der Waals surface area (Å²) in [6.07, 6.45) is 7.78. The fourth-order valence-corrected chi connectivity index (χ4v) is 2.70. The molecular weight excluding hydrogens is 238 g/mol. The van der Waals surface area contributed by atoms with Gasteiger partial charge in [0.15, 0.2) is 5.78 Å². The van der Waals surface area contributed by atoms with Crippen LogP contribution in [0.2, 0.25) is 0 Å². The number of rotatable bonds is 2. The first kappa shape index (κ1) is 12.0. The van der Waals surface area contributed by atoms with Gasteiger partial charge in [0.05, 0.1) is 0 Å². The number of aryl methyl sites for hydroxylation is 1. The summed E-state index contributed by atoms with van der Waals surface area (Å²) in [5.41, 5.74) is 3.10. The van der Waals surface area contributed by atoms with E-state index in [0.717, 1.165) is 30.4 Å². The molecule has 1 aliphatic carbocycles. The fraction of sp³-hybridized carbons (Fsp3) is 0.312. The predicted octanol–water partition coefficient (Wildman–Crippen LogP) is 3.15. The number of ketones is 1. The lowest BCUT2D eigenvalue weighted by atomic mass is 10.1. The Morgan fingerprint density at radius 2 is 2.00 bits per heavy atom. The Morgan fingerprint density at radius 1 is 1.16 bits per heavy atom. The minimum absolute atomic E-state index is 0.266. The summed E-state index contributed by atoms with van der Waals surface area (Å²) in [4.78, 5) is 12.0. The smallest absolute Gasteiger partial charge is 0.164 e. The quantitative estimate of drug-likeness (QED) is 0.838. The van der Waals surface area contributed by atoms with Crippen molar-refractivity contribution < 1.29 is 9.90 Å². The number of carbonyl (C=O) groups excluding carboxylic acids is 1. The van der Waals surface area contributed by atoms with Crippen LogP contribution in [0.3, 0.4) is 0 Å². The maximum absolute atomic E-state index is 12.0. The predicted molar refractivity (Wildman–Crippen MR) is 73.5 cm³/mol. The van der Waals surface area contributed by atoms with E-state index < -0.39 is 0 Å². The summed E-state index contributed by atoms with van der Waals surface area (Å²) >= 11 is 0. The molecule has 0 fully saturated rings. The first-order valence-corrected chi connectivity index (χ1v) is 6.72. The van der Waals surface area contributed by atoms with E-state index in [1.54, 1.807) is 12.1 Å². The van der Waals surface area contributed by atoms with E-state index >= 15 is 0 Å². The number of benzene rings is 1. The molecular formula is C16H17NO2. The van der Waals surface area contributed by atoms with Crippen LogP contribution in [0.4, 0.5) is 0 Å². The van der Waals surface area contributed by atoms with Crippen LogP contribution in [0.25, 0.3) is 0 Å². The molecule has 1 aromatic heterocycles. The molecule has 1 aromatic carbocycles.